The summed E-state index contributed by atoms with van der Waals surface area (Å²) in [5.74, 6) is -0.487. The fourth-order valence-electron chi connectivity index (χ4n) is 1.79. The molecule has 0 unspecified atom stereocenters. The van der Waals surface area contributed by atoms with Gasteiger partial charge in [0.2, 0.25) is 5.69 Å². The number of aromatic carboxylic acids is 1. The fourth-order valence-corrected chi connectivity index (χ4v) is 1.79. The van der Waals surface area contributed by atoms with Crippen LogP contribution >= 0.6 is 0 Å². The lowest BCUT2D eigenvalue weighted by Crippen LogP contribution is -2.03. The Balaban J connectivity index is 1.88. The second-order valence-corrected chi connectivity index (χ2v) is 4.19. The van der Waals surface area contributed by atoms with E-state index in [9.17, 15) is 9.90 Å². The Bertz CT molecular complexity index is 735. The first-order valence-electron chi connectivity index (χ1n) is 6.15. The molecule has 2 aromatic heterocycles. The Kier molecular flexibility index (Phi) is 3.38. The van der Waals surface area contributed by atoms with E-state index in [0.717, 1.165) is 5.69 Å². The highest BCUT2D eigenvalue weighted by Crippen LogP contribution is 2.21. The van der Waals surface area contributed by atoms with Gasteiger partial charge in [0.05, 0.1) is 18.1 Å². The first kappa shape index (κ1) is 12.9. The zero-order valence-corrected chi connectivity index (χ0v) is 10.8. The van der Waals surface area contributed by atoms with E-state index in [0.29, 0.717) is 5.76 Å². The van der Waals surface area contributed by atoms with Crippen molar-refractivity contribution < 1.29 is 19.2 Å². The molecule has 0 spiro atoms. The number of ether oxygens (including phenoxy) is 1. The molecule has 1 aromatic carbocycles. The number of aromatic nitrogens is 3. The smallest absolute Gasteiger partial charge is 0.360 e. The standard InChI is InChI=1S/C14H11N3O4/c18-14(19)13-12(20-9-11-6-7-15-21-11)8-17(16-13)10-4-2-1-3-5-10/h1-8H,9H2,(H,18,19). The fraction of sp³-hybridized carbons (Fsp3) is 0.0714. The van der Waals surface area contributed by atoms with E-state index in [-0.39, 0.29) is 18.1 Å². The molecule has 7 heteroatoms. The van der Waals surface area contributed by atoms with Crippen molar-refractivity contribution in [3.8, 4) is 11.4 Å². The van der Waals surface area contributed by atoms with Crippen molar-refractivity contribution in [1.29, 1.82) is 0 Å². The Labute approximate surface area is 119 Å². The number of carboxylic acid groups (broad SMARTS) is 1. The molecule has 3 aromatic rings. The van der Waals surface area contributed by atoms with Crippen molar-refractivity contribution in [3.63, 3.8) is 0 Å². The first-order chi connectivity index (χ1) is 10.2. The third-order valence-electron chi connectivity index (χ3n) is 2.77. The number of nitrogens with zero attached hydrogens (tertiary/aromatic N) is 3. The van der Waals surface area contributed by atoms with Crippen LogP contribution < -0.4 is 4.74 Å². The molecule has 2 heterocycles. The third kappa shape index (κ3) is 2.76. The molecule has 1 N–H and O–H groups in total. The Morgan fingerprint density at radius 1 is 1.29 bits per heavy atom. The van der Waals surface area contributed by atoms with Crippen LogP contribution in [-0.2, 0) is 6.61 Å². The Morgan fingerprint density at radius 3 is 2.76 bits per heavy atom. The highest BCUT2D eigenvalue weighted by atomic mass is 16.5. The molecule has 0 fully saturated rings. The number of hydrogen-bond donors (Lipinski definition) is 1. The Morgan fingerprint density at radius 2 is 2.10 bits per heavy atom. The molecule has 0 aliphatic rings. The average molecular weight is 285 g/mol. The van der Waals surface area contributed by atoms with Crippen molar-refractivity contribution in [3.05, 3.63) is 60.2 Å². The lowest BCUT2D eigenvalue weighted by molar-refractivity contribution is 0.0684. The molecule has 3 rings (SSSR count). The summed E-state index contributed by atoms with van der Waals surface area (Å²) in [7, 11) is 0. The molecular formula is C14H11N3O4. The van der Waals surface area contributed by atoms with Crippen LogP contribution in [0.25, 0.3) is 5.69 Å². The number of rotatable bonds is 5. The summed E-state index contributed by atoms with van der Waals surface area (Å²) in [6.45, 7) is 0.0841. The molecule has 0 amide bonds. The van der Waals surface area contributed by atoms with Crippen molar-refractivity contribution in [2.45, 2.75) is 6.61 Å². The predicted octanol–water partition coefficient (Wildman–Crippen LogP) is 2.14. The molecule has 21 heavy (non-hydrogen) atoms. The molecule has 0 saturated carbocycles. The molecule has 0 radical (unpaired) electrons. The quantitative estimate of drug-likeness (QED) is 0.772. The summed E-state index contributed by atoms with van der Waals surface area (Å²) in [5.41, 5.74) is 0.591. The topological polar surface area (TPSA) is 90.4 Å². The van der Waals surface area contributed by atoms with E-state index in [1.54, 1.807) is 6.07 Å². The van der Waals surface area contributed by atoms with E-state index < -0.39 is 5.97 Å². The van der Waals surface area contributed by atoms with E-state index in [1.165, 1.54) is 17.1 Å². The first-order valence-corrected chi connectivity index (χ1v) is 6.15. The highest BCUT2D eigenvalue weighted by molar-refractivity contribution is 5.88. The van der Waals surface area contributed by atoms with E-state index in [2.05, 4.69) is 10.3 Å². The molecule has 106 valence electrons. The van der Waals surface area contributed by atoms with Gasteiger partial charge in [0.1, 0.15) is 6.61 Å². The summed E-state index contributed by atoms with van der Waals surface area (Å²) < 4.78 is 11.8. The van der Waals surface area contributed by atoms with Gasteiger partial charge in [-0.15, -0.1) is 0 Å². The third-order valence-corrected chi connectivity index (χ3v) is 2.77. The van der Waals surface area contributed by atoms with Gasteiger partial charge in [0, 0.05) is 6.07 Å². The number of hydrogen-bond acceptors (Lipinski definition) is 5. The van der Waals surface area contributed by atoms with Gasteiger partial charge in [-0.05, 0) is 12.1 Å². The lowest BCUT2D eigenvalue weighted by atomic mass is 10.3. The maximum atomic E-state index is 11.2. The average Bonchev–Trinajstić information content (AvgIpc) is 3.15. The van der Waals surface area contributed by atoms with Crippen LogP contribution in [0.4, 0.5) is 0 Å². The predicted molar refractivity (Wildman–Crippen MR) is 71.4 cm³/mol. The number of carboxylic acids is 1. The second-order valence-electron chi connectivity index (χ2n) is 4.19. The van der Waals surface area contributed by atoms with Crippen LogP contribution in [0.2, 0.25) is 0 Å². The van der Waals surface area contributed by atoms with Gasteiger partial charge >= 0.3 is 5.97 Å². The number of carbonyl (C=O) groups is 1. The van der Waals surface area contributed by atoms with Crippen LogP contribution in [0, 0.1) is 0 Å². The zero-order valence-electron chi connectivity index (χ0n) is 10.8. The van der Waals surface area contributed by atoms with Gasteiger partial charge in [0.15, 0.2) is 11.5 Å². The SMILES string of the molecule is O=C(O)c1nn(-c2ccccc2)cc1OCc1ccno1. The van der Waals surface area contributed by atoms with E-state index >= 15 is 0 Å². The van der Waals surface area contributed by atoms with Crippen LogP contribution in [0.3, 0.4) is 0 Å². The second kappa shape index (κ2) is 5.49. The van der Waals surface area contributed by atoms with Crippen LogP contribution in [-0.4, -0.2) is 26.0 Å². The minimum atomic E-state index is -1.16. The van der Waals surface area contributed by atoms with Gasteiger partial charge in [-0.3, -0.25) is 0 Å². The molecule has 7 nitrogen and oxygen atoms in total. The lowest BCUT2D eigenvalue weighted by Gasteiger charge is -2.00. The molecule has 0 atom stereocenters. The van der Waals surface area contributed by atoms with Crippen molar-refractivity contribution >= 4 is 5.97 Å². The van der Waals surface area contributed by atoms with Crippen LogP contribution in [0.15, 0.2) is 53.3 Å². The summed E-state index contributed by atoms with van der Waals surface area (Å²) >= 11 is 0. The highest BCUT2D eigenvalue weighted by Gasteiger charge is 2.18. The van der Waals surface area contributed by atoms with Gasteiger partial charge in [-0.2, -0.15) is 5.10 Å². The summed E-state index contributed by atoms with van der Waals surface area (Å²) in [5, 5.41) is 16.8. The van der Waals surface area contributed by atoms with E-state index in [1.807, 2.05) is 30.3 Å². The maximum absolute atomic E-state index is 11.2. The molecule has 0 bridgehead atoms. The molecule has 0 aliphatic carbocycles. The van der Waals surface area contributed by atoms with E-state index in [4.69, 9.17) is 9.26 Å². The van der Waals surface area contributed by atoms with Gasteiger partial charge in [0.25, 0.3) is 0 Å². The number of benzene rings is 1. The van der Waals surface area contributed by atoms with Crippen molar-refractivity contribution in [2.24, 2.45) is 0 Å². The normalized spacial score (nSPS) is 10.5. The number of para-hydroxylation sites is 1. The minimum absolute atomic E-state index is 0.0841. The summed E-state index contributed by atoms with van der Waals surface area (Å²) in [6.07, 6.45) is 3.01. The largest absolute Gasteiger partial charge is 0.481 e. The summed E-state index contributed by atoms with van der Waals surface area (Å²) in [6, 6.07) is 10.8. The van der Waals surface area contributed by atoms with Crippen LogP contribution in [0.5, 0.6) is 5.75 Å². The van der Waals surface area contributed by atoms with Crippen molar-refractivity contribution in [1.82, 2.24) is 14.9 Å². The molecular weight excluding hydrogens is 274 g/mol. The minimum Gasteiger partial charge on any atom is -0.481 e. The summed E-state index contributed by atoms with van der Waals surface area (Å²) in [4.78, 5) is 11.2. The molecule has 0 saturated heterocycles. The monoisotopic (exact) mass is 285 g/mol. The van der Waals surface area contributed by atoms with Gasteiger partial charge in [-0.25, -0.2) is 9.48 Å². The molecule has 0 aliphatic heterocycles. The van der Waals surface area contributed by atoms with Gasteiger partial charge < -0.3 is 14.4 Å². The van der Waals surface area contributed by atoms with Crippen LogP contribution in [0.1, 0.15) is 16.2 Å². The van der Waals surface area contributed by atoms with Crippen molar-refractivity contribution in [2.75, 3.05) is 0 Å². The Hall–Kier alpha value is -3.09. The van der Waals surface area contributed by atoms with Gasteiger partial charge in [-0.1, -0.05) is 23.4 Å². The zero-order chi connectivity index (χ0) is 14.7. The maximum Gasteiger partial charge on any atom is 0.360 e.